The monoisotopic (exact) mass is 381 g/mol. The first-order valence-electron chi connectivity index (χ1n) is 7.12. The van der Waals surface area contributed by atoms with Crippen molar-refractivity contribution in [3.63, 3.8) is 0 Å². The van der Waals surface area contributed by atoms with Crippen LogP contribution in [0.4, 0.5) is 13.2 Å². The molecule has 0 aliphatic carbocycles. The Bertz CT molecular complexity index is 966. The van der Waals surface area contributed by atoms with Crippen molar-refractivity contribution in [2.24, 2.45) is 0 Å². The minimum atomic E-state index is -4.68. The molecule has 3 heterocycles. The first-order chi connectivity index (χ1) is 12.4. The molecule has 1 amide bonds. The van der Waals surface area contributed by atoms with Gasteiger partial charge in [0.15, 0.2) is 0 Å². The number of alkyl halides is 3. The summed E-state index contributed by atoms with van der Waals surface area (Å²) in [5.41, 5.74) is 0.213. The lowest BCUT2D eigenvalue weighted by Gasteiger charge is -1.99. The van der Waals surface area contributed by atoms with Gasteiger partial charge in [-0.15, -0.1) is 17.8 Å². The molecule has 3 rings (SSSR count). The Morgan fingerprint density at radius 1 is 1.38 bits per heavy atom. The Labute approximate surface area is 148 Å². The molecule has 0 bridgehead atoms. The summed E-state index contributed by atoms with van der Waals surface area (Å²) in [5.74, 6) is 0.373. The molecular formula is C15H10F3N5O2S. The lowest BCUT2D eigenvalue weighted by atomic mass is 10.4. The Morgan fingerprint density at radius 3 is 2.88 bits per heavy atom. The second-order valence-corrected chi connectivity index (χ2v) is 6.14. The van der Waals surface area contributed by atoms with Gasteiger partial charge in [0, 0.05) is 11.1 Å². The van der Waals surface area contributed by atoms with Crippen LogP contribution in [0.3, 0.4) is 0 Å². The molecule has 26 heavy (non-hydrogen) atoms. The summed E-state index contributed by atoms with van der Waals surface area (Å²) in [7, 11) is 0. The molecule has 0 saturated heterocycles. The van der Waals surface area contributed by atoms with Gasteiger partial charge >= 0.3 is 12.1 Å². The van der Waals surface area contributed by atoms with E-state index in [9.17, 15) is 18.0 Å². The van der Waals surface area contributed by atoms with E-state index in [0.29, 0.717) is 11.4 Å². The average molecular weight is 381 g/mol. The van der Waals surface area contributed by atoms with Crippen LogP contribution in [0.5, 0.6) is 0 Å². The number of carbonyl (C=O) groups is 1. The molecular weight excluding hydrogens is 371 g/mol. The summed E-state index contributed by atoms with van der Waals surface area (Å²) in [6, 6.07) is 4.84. The molecule has 0 saturated carbocycles. The van der Waals surface area contributed by atoms with Gasteiger partial charge in [-0.05, 0) is 18.2 Å². The van der Waals surface area contributed by atoms with E-state index in [4.69, 9.17) is 6.42 Å². The maximum atomic E-state index is 12.5. The predicted molar refractivity (Wildman–Crippen MR) is 85.1 cm³/mol. The molecule has 0 spiro atoms. The second-order valence-electron chi connectivity index (χ2n) is 4.97. The van der Waals surface area contributed by atoms with Crippen LogP contribution in [0.25, 0.3) is 10.7 Å². The maximum absolute atomic E-state index is 12.5. The van der Waals surface area contributed by atoms with E-state index >= 15 is 0 Å². The van der Waals surface area contributed by atoms with Gasteiger partial charge in [-0.3, -0.25) is 9.48 Å². The number of thiophene rings is 1. The van der Waals surface area contributed by atoms with Crippen LogP contribution in [-0.4, -0.2) is 32.4 Å². The summed E-state index contributed by atoms with van der Waals surface area (Å²) in [6.07, 6.45) is 2.00. The highest BCUT2D eigenvalue weighted by atomic mass is 32.1. The summed E-state index contributed by atoms with van der Waals surface area (Å²) in [6.45, 7) is 0.432. The molecule has 0 radical (unpaired) electrons. The van der Waals surface area contributed by atoms with Crippen LogP contribution in [-0.2, 0) is 12.7 Å². The molecule has 0 fully saturated rings. The smallest absolute Gasteiger partial charge is 0.340 e. The molecule has 7 nitrogen and oxygen atoms in total. The zero-order chi connectivity index (χ0) is 18.7. The number of hydrogen-bond acceptors (Lipinski definition) is 6. The quantitative estimate of drug-likeness (QED) is 0.686. The normalized spacial score (nSPS) is 11.3. The van der Waals surface area contributed by atoms with Gasteiger partial charge in [-0.25, -0.2) is 0 Å². The number of nitrogens with one attached hydrogen (secondary N) is 1. The molecule has 3 aromatic heterocycles. The summed E-state index contributed by atoms with van der Waals surface area (Å²) < 4.78 is 43.3. The predicted octanol–water partition coefficient (Wildman–Crippen LogP) is 2.42. The number of aromatic nitrogens is 4. The van der Waals surface area contributed by atoms with Crippen LogP contribution in [0, 0.1) is 12.3 Å². The number of amides is 1. The van der Waals surface area contributed by atoms with Crippen LogP contribution in [0.15, 0.2) is 28.9 Å². The molecule has 0 aromatic carbocycles. The third-order valence-corrected chi connectivity index (χ3v) is 4.16. The van der Waals surface area contributed by atoms with Crippen LogP contribution in [0.2, 0.25) is 0 Å². The SMILES string of the molecule is C#CCNC(=O)c1ccn(Cc2ccc(-c3noc(C(F)(F)F)n3)s2)n1. The van der Waals surface area contributed by atoms with Gasteiger partial charge in [0.2, 0.25) is 5.82 Å². The maximum Gasteiger partial charge on any atom is 0.471 e. The molecule has 0 aliphatic heterocycles. The minimum absolute atomic E-state index is 0.102. The number of halogens is 3. The van der Waals surface area contributed by atoms with E-state index in [2.05, 4.69) is 31.0 Å². The number of hydrogen-bond donors (Lipinski definition) is 1. The highest BCUT2D eigenvalue weighted by Gasteiger charge is 2.38. The Kier molecular flexibility index (Phi) is 4.77. The first kappa shape index (κ1) is 17.7. The van der Waals surface area contributed by atoms with Gasteiger partial charge in [0.25, 0.3) is 5.91 Å². The zero-order valence-corrected chi connectivity index (χ0v) is 13.8. The zero-order valence-electron chi connectivity index (χ0n) is 12.9. The number of carbonyl (C=O) groups excluding carboxylic acids is 1. The fourth-order valence-electron chi connectivity index (χ4n) is 1.97. The van der Waals surface area contributed by atoms with E-state index in [1.54, 1.807) is 18.3 Å². The molecule has 11 heteroatoms. The van der Waals surface area contributed by atoms with Crippen molar-refractivity contribution in [1.82, 2.24) is 25.2 Å². The fourth-order valence-corrected chi connectivity index (χ4v) is 2.90. The molecule has 1 N–H and O–H groups in total. The van der Waals surface area contributed by atoms with Gasteiger partial charge < -0.3 is 9.84 Å². The average Bonchev–Trinajstić information content (AvgIpc) is 3.31. The molecule has 0 unspecified atom stereocenters. The van der Waals surface area contributed by atoms with E-state index in [-0.39, 0.29) is 24.0 Å². The highest BCUT2D eigenvalue weighted by Crippen LogP contribution is 2.31. The number of rotatable bonds is 5. The summed E-state index contributed by atoms with van der Waals surface area (Å²) in [4.78, 5) is 16.3. The van der Waals surface area contributed by atoms with Crippen molar-refractivity contribution in [3.05, 3.63) is 40.9 Å². The molecule has 134 valence electrons. The van der Waals surface area contributed by atoms with Gasteiger partial charge in [0.1, 0.15) is 5.69 Å². The van der Waals surface area contributed by atoms with Crippen molar-refractivity contribution in [1.29, 1.82) is 0 Å². The largest absolute Gasteiger partial charge is 0.471 e. The lowest BCUT2D eigenvalue weighted by Crippen LogP contribution is -2.24. The number of terminal acetylenes is 1. The van der Waals surface area contributed by atoms with E-state index < -0.39 is 12.1 Å². The van der Waals surface area contributed by atoms with E-state index in [1.807, 2.05) is 0 Å². The highest BCUT2D eigenvalue weighted by molar-refractivity contribution is 7.15. The molecule has 3 aromatic rings. The van der Waals surface area contributed by atoms with Gasteiger partial charge in [0.05, 0.1) is 18.0 Å². The third kappa shape index (κ3) is 3.92. The first-order valence-corrected chi connectivity index (χ1v) is 7.93. The van der Waals surface area contributed by atoms with Crippen LogP contribution < -0.4 is 5.32 Å². The Morgan fingerprint density at radius 2 is 2.19 bits per heavy atom. The topological polar surface area (TPSA) is 85.8 Å². The van der Waals surface area contributed by atoms with Crippen molar-refractivity contribution in [3.8, 4) is 23.0 Å². The van der Waals surface area contributed by atoms with Gasteiger partial charge in [-0.2, -0.15) is 23.3 Å². The Balaban J connectivity index is 1.69. The third-order valence-electron chi connectivity index (χ3n) is 3.09. The number of nitrogens with zero attached hydrogens (tertiary/aromatic N) is 4. The standard InChI is InChI=1S/C15H10F3N5O2S/c1-2-6-19-13(24)10-5-7-23(21-10)8-9-3-4-11(26-9)12-20-14(25-22-12)15(16,17)18/h1,3-5,7H,6,8H2,(H,19,24). The lowest BCUT2D eigenvalue weighted by molar-refractivity contribution is -0.159. The van der Waals surface area contributed by atoms with Crippen molar-refractivity contribution >= 4 is 17.2 Å². The van der Waals surface area contributed by atoms with E-state index in [1.165, 1.54) is 22.1 Å². The van der Waals surface area contributed by atoms with Crippen LogP contribution >= 0.6 is 11.3 Å². The fraction of sp³-hybridized carbons (Fsp3) is 0.200. The minimum Gasteiger partial charge on any atom is -0.340 e. The Hall–Kier alpha value is -3.13. The molecule has 0 aliphatic rings. The van der Waals surface area contributed by atoms with Crippen molar-refractivity contribution in [2.45, 2.75) is 12.7 Å². The summed E-state index contributed by atoms with van der Waals surface area (Å²) >= 11 is 1.20. The van der Waals surface area contributed by atoms with E-state index in [0.717, 1.165) is 4.88 Å². The molecule has 0 atom stereocenters. The van der Waals surface area contributed by atoms with Crippen molar-refractivity contribution < 1.29 is 22.5 Å². The van der Waals surface area contributed by atoms with Gasteiger partial charge in [-0.1, -0.05) is 11.1 Å². The van der Waals surface area contributed by atoms with Crippen LogP contribution in [0.1, 0.15) is 21.3 Å². The van der Waals surface area contributed by atoms with Crippen molar-refractivity contribution in [2.75, 3.05) is 6.54 Å². The second kappa shape index (κ2) is 7.01. The summed E-state index contributed by atoms with van der Waals surface area (Å²) in [5, 5.41) is 9.96.